The van der Waals surface area contributed by atoms with Gasteiger partial charge in [-0.3, -0.25) is 0 Å². The number of aromatic nitrogens is 3. The van der Waals surface area contributed by atoms with E-state index in [0.717, 1.165) is 4.68 Å². The minimum Gasteiger partial charge on any atom is -0.240 e. The zero-order valence-corrected chi connectivity index (χ0v) is 12.0. The quantitative estimate of drug-likeness (QED) is 0.768. The topological polar surface area (TPSA) is 30.7 Å². The molecule has 0 aliphatic heterocycles. The van der Waals surface area contributed by atoms with Crippen LogP contribution >= 0.6 is 58.0 Å². The van der Waals surface area contributed by atoms with Gasteiger partial charge in [0.25, 0.3) is 5.95 Å². The Kier molecular flexibility index (Phi) is 4.24. The van der Waals surface area contributed by atoms with Crippen molar-refractivity contribution in [2.75, 3.05) is 0 Å². The van der Waals surface area contributed by atoms with Crippen LogP contribution in [-0.4, -0.2) is 18.8 Å². The number of nitrogens with zero attached hydrogens (tertiary/aromatic N) is 3. The van der Waals surface area contributed by atoms with Gasteiger partial charge in [0.15, 0.2) is 0 Å². The molecule has 1 aromatic heterocycles. The first-order chi connectivity index (χ1) is 7.09. The minimum atomic E-state index is -2.11. The molecule has 0 saturated carbocycles. The van der Waals surface area contributed by atoms with E-state index in [0.29, 0.717) is 0 Å². The fourth-order valence-corrected chi connectivity index (χ4v) is 1.64. The van der Waals surface area contributed by atoms with Crippen LogP contribution in [-0.2, 0) is 4.33 Å². The van der Waals surface area contributed by atoms with Crippen LogP contribution in [0.5, 0.6) is 0 Å². The summed E-state index contributed by atoms with van der Waals surface area (Å²) in [6.45, 7) is 3.47. The van der Waals surface area contributed by atoms with Gasteiger partial charge >= 0.3 is 0 Å². The highest BCUT2D eigenvalue weighted by molar-refractivity contribution is 6.75. The SMILES string of the molecule is CC(C)n1nnc(F)c1C(Cl)(Cl)C(Cl)(Cl)Cl. The number of alkyl halides is 5. The molecule has 0 aliphatic carbocycles. The van der Waals surface area contributed by atoms with Crippen LogP contribution in [0.2, 0.25) is 0 Å². The molecule has 16 heavy (non-hydrogen) atoms. The Morgan fingerprint density at radius 2 is 1.69 bits per heavy atom. The Morgan fingerprint density at radius 3 is 2.06 bits per heavy atom. The molecule has 3 nitrogen and oxygen atoms in total. The second kappa shape index (κ2) is 4.65. The molecule has 0 spiro atoms. The van der Waals surface area contributed by atoms with Gasteiger partial charge < -0.3 is 0 Å². The summed E-state index contributed by atoms with van der Waals surface area (Å²) in [6, 6.07) is -0.226. The summed E-state index contributed by atoms with van der Waals surface area (Å²) in [5, 5.41) is 6.76. The highest BCUT2D eigenvalue weighted by atomic mass is 35.6. The van der Waals surface area contributed by atoms with E-state index in [9.17, 15) is 4.39 Å². The predicted octanol–water partition coefficient (Wildman–Crippen LogP) is 4.00. The molecule has 1 aromatic rings. The lowest BCUT2D eigenvalue weighted by Gasteiger charge is -2.28. The normalized spacial score (nSPS) is 13.6. The van der Waals surface area contributed by atoms with Crippen molar-refractivity contribution in [3.63, 3.8) is 0 Å². The van der Waals surface area contributed by atoms with Crippen LogP contribution in [0.25, 0.3) is 0 Å². The van der Waals surface area contributed by atoms with Crippen molar-refractivity contribution in [2.24, 2.45) is 0 Å². The fraction of sp³-hybridized carbons (Fsp3) is 0.714. The molecule has 1 rings (SSSR count). The monoisotopic (exact) mass is 327 g/mol. The Balaban J connectivity index is 3.37. The zero-order valence-electron chi connectivity index (χ0n) is 8.19. The molecule has 0 aromatic carbocycles. The number of halogens is 6. The Morgan fingerprint density at radius 1 is 1.19 bits per heavy atom. The molecule has 9 heteroatoms. The first-order valence-electron chi connectivity index (χ1n) is 4.14. The molecule has 0 saturated heterocycles. The maximum absolute atomic E-state index is 13.5. The molecule has 0 fully saturated rings. The van der Waals surface area contributed by atoms with Crippen molar-refractivity contribution >= 4 is 58.0 Å². The largest absolute Gasteiger partial charge is 0.259 e. The minimum absolute atomic E-state index is 0.226. The standard InChI is InChI=1S/C7H7Cl5FN3/c1-3(2)16-4(5(13)14-15-16)6(8,9)7(10,11)12/h3H,1-2H3. The van der Waals surface area contributed by atoms with E-state index >= 15 is 0 Å². The highest BCUT2D eigenvalue weighted by Gasteiger charge is 2.52. The van der Waals surface area contributed by atoms with Crippen molar-refractivity contribution in [1.29, 1.82) is 0 Å². The molecule has 92 valence electrons. The zero-order chi connectivity index (χ0) is 12.7. The number of rotatable bonds is 2. The van der Waals surface area contributed by atoms with Gasteiger partial charge in [0.2, 0.25) is 8.13 Å². The second-order valence-corrected chi connectivity index (χ2v) is 6.95. The van der Waals surface area contributed by atoms with E-state index < -0.39 is 14.1 Å². The van der Waals surface area contributed by atoms with E-state index in [1.165, 1.54) is 0 Å². The smallest absolute Gasteiger partial charge is 0.240 e. The first-order valence-corrected chi connectivity index (χ1v) is 6.03. The maximum Gasteiger partial charge on any atom is 0.259 e. The van der Waals surface area contributed by atoms with E-state index in [4.69, 9.17) is 58.0 Å². The summed E-state index contributed by atoms with van der Waals surface area (Å²) in [4.78, 5) is 0. The van der Waals surface area contributed by atoms with Crippen molar-refractivity contribution in [3.8, 4) is 0 Å². The first kappa shape index (κ1) is 14.6. The van der Waals surface area contributed by atoms with Crippen molar-refractivity contribution in [3.05, 3.63) is 11.6 Å². The van der Waals surface area contributed by atoms with Crippen molar-refractivity contribution < 1.29 is 4.39 Å². The van der Waals surface area contributed by atoms with E-state index in [1.807, 2.05) is 0 Å². The molecule has 0 amide bonds. The van der Waals surface area contributed by atoms with Crippen LogP contribution in [0.15, 0.2) is 0 Å². The van der Waals surface area contributed by atoms with Crippen LogP contribution in [0.4, 0.5) is 4.39 Å². The lowest BCUT2D eigenvalue weighted by Crippen LogP contribution is -2.32. The van der Waals surface area contributed by atoms with E-state index in [1.54, 1.807) is 13.8 Å². The van der Waals surface area contributed by atoms with Crippen LogP contribution in [0.3, 0.4) is 0 Å². The summed E-state index contributed by atoms with van der Waals surface area (Å²) in [5.74, 6) is -0.968. The van der Waals surface area contributed by atoms with Gasteiger partial charge in [-0.1, -0.05) is 68.3 Å². The third-order valence-electron chi connectivity index (χ3n) is 1.80. The summed E-state index contributed by atoms with van der Waals surface area (Å²) >= 11 is 28.5. The van der Waals surface area contributed by atoms with Gasteiger partial charge in [0.1, 0.15) is 5.69 Å². The average molecular weight is 329 g/mol. The molecular formula is C7H7Cl5FN3. The van der Waals surface area contributed by atoms with E-state index in [2.05, 4.69) is 10.3 Å². The maximum atomic E-state index is 13.5. The van der Waals surface area contributed by atoms with Gasteiger partial charge in [0.05, 0.1) is 0 Å². The highest BCUT2D eigenvalue weighted by Crippen LogP contribution is 2.53. The van der Waals surface area contributed by atoms with Gasteiger partial charge in [-0.25, -0.2) is 4.68 Å². The lowest BCUT2D eigenvalue weighted by molar-refractivity contribution is 0.481. The Bertz CT molecular complexity index is 384. The van der Waals surface area contributed by atoms with Crippen molar-refractivity contribution in [2.45, 2.75) is 28.0 Å². The molecule has 1 heterocycles. The summed E-state index contributed by atoms with van der Waals surface area (Å²) < 4.78 is 10.4. The third kappa shape index (κ3) is 2.51. The Labute approximate surface area is 117 Å². The molecule has 0 aliphatic rings. The second-order valence-electron chi connectivity index (χ2n) is 3.34. The fourth-order valence-electron chi connectivity index (χ4n) is 1.04. The molecule has 0 radical (unpaired) electrons. The third-order valence-corrected chi connectivity index (χ3v) is 4.15. The molecule has 0 N–H and O–H groups in total. The summed E-state index contributed by atoms with van der Waals surface area (Å²) in [6.07, 6.45) is 0. The number of hydrogen-bond donors (Lipinski definition) is 0. The summed E-state index contributed by atoms with van der Waals surface area (Å²) in [5.41, 5.74) is -0.272. The number of hydrogen-bond acceptors (Lipinski definition) is 2. The molecular weight excluding hydrogens is 322 g/mol. The lowest BCUT2D eigenvalue weighted by atomic mass is 10.3. The predicted molar refractivity (Wildman–Crippen MR) is 64.0 cm³/mol. The summed E-state index contributed by atoms with van der Waals surface area (Å²) in [7, 11) is 0. The molecule has 0 unspecified atom stereocenters. The van der Waals surface area contributed by atoms with Crippen LogP contribution < -0.4 is 0 Å². The van der Waals surface area contributed by atoms with Gasteiger partial charge in [-0.15, -0.1) is 0 Å². The van der Waals surface area contributed by atoms with Gasteiger partial charge in [0, 0.05) is 6.04 Å². The van der Waals surface area contributed by atoms with Gasteiger partial charge in [-0.2, -0.15) is 4.39 Å². The van der Waals surface area contributed by atoms with Crippen LogP contribution in [0, 0.1) is 5.95 Å². The average Bonchev–Trinajstić information content (AvgIpc) is 2.45. The van der Waals surface area contributed by atoms with E-state index in [-0.39, 0.29) is 11.7 Å². The van der Waals surface area contributed by atoms with Crippen molar-refractivity contribution in [1.82, 2.24) is 15.0 Å². The Hall–Kier alpha value is 0.520. The molecule has 0 bridgehead atoms. The van der Waals surface area contributed by atoms with Crippen LogP contribution in [0.1, 0.15) is 25.6 Å². The molecule has 0 atom stereocenters. The van der Waals surface area contributed by atoms with Gasteiger partial charge in [-0.05, 0) is 13.8 Å².